The zero-order valence-electron chi connectivity index (χ0n) is 21.7. The third kappa shape index (κ3) is 5.42. The Kier molecular flexibility index (Phi) is 8.11. The molecule has 2 N–H and O–H groups in total. The number of halogens is 1. The van der Waals surface area contributed by atoms with Crippen LogP contribution in [0.15, 0.2) is 85.2 Å². The van der Waals surface area contributed by atoms with Crippen LogP contribution in [0, 0.1) is 0 Å². The van der Waals surface area contributed by atoms with E-state index in [1.165, 1.54) is 14.2 Å². The SMILES string of the molecule is COCC(=O)Nc1ccc(N2C(=S)N[C@H](c3ccccn3)[C@H]2c2cccn2-c2cccc(C(=O)OC)c2)cc1Cl. The maximum absolute atomic E-state index is 12.2. The van der Waals surface area contributed by atoms with Gasteiger partial charge in [0.2, 0.25) is 5.91 Å². The first kappa shape index (κ1) is 27.3. The quantitative estimate of drug-likeness (QED) is 0.222. The number of rotatable bonds is 8. The van der Waals surface area contributed by atoms with Crippen LogP contribution in [-0.4, -0.2) is 47.4 Å². The fourth-order valence-corrected chi connectivity index (χ4v) is 5.34. The Hall–Kier alpha value is -4.25. The molecule has 204 valence electrons. The van der Waals surface area contributed by atoms with Crippen molar-refractivity contribution < 1.29 is 19.1 Å². The highest BCUT2D eigenvalue weighted by atomic mass is 35.5. The van der Waals surface area contributed by atoms with Gasteiger partial charge in [0.1, 0.15) is 12.6 Å². The summed E-state index contributed by atoms with van der Waals surface area (Å²) in [5.41, 5.74) is 4.13. The zero-order valence-corrected chi connectivity index (χ0v) is 23.3. The van der Waals surface area contributed by atoms with Crippen molar-refractivity contribution in [3.05, 3.63) is 107 Å². The molecular weight excluding hydrogens is 550 g/mol. The molecule has 4 aromatic rings. The fourth-order valence-electron chi connectivity index (χ4n) is 4.78. The Morgan fingerprint density at radius 1 is 1.05 bits per heavy atom. The van der Waals surface area contributed by atoms with Crippen LogP contribution in [0.4, 0.5) is 11.4 Å². The van der Waals surface area contributed by atoms with Gasteiger partial charge in [-0.3, -0.25) is 9.78 Å². The number of hydrogen-bond donors (Lipinski definition) is 2. The number of methoxy groups -OCH3 is 2. The van der Waals surface area contributed by atoms with Crippen LogP contribution in [0.5, 0.6) is 0 Å². The van der Waals surface area contributed by atoms with Gasteiger partial charge in [0.25, 0.3) is 0 Å². The Morgan fingerprint density at radius 3 is 2.62 bits per heavy atom. The molecular formula is C29H26ClN5O4S. The van der Waals surface area contributed by atoms with Crippen molar-refractivity contribution in [2.24, 2.45) is 0 Å². The molecule has 0 aliphatic carbocycles. The lowest BCUT2D eigenvalue weighted by molar-refractivity contribution is -0.119. The molecule has 0 radical (unpaired) electrons. The molecule has 1 fully saturated rings. The van der Waals surface area contributed by atoms with Crippen molar-refractivity contribution in [2.45, 2.75) is 12.1 Å². The number of carbonyl (C=O) groups is 2. The summed E-state index contributed by atoms with van der Waals surface area (Å²) >= 11 is 12.5. The number of anilines is 2. The van der Waals surface area contributed by atoms with Crippen LogP contribution in [0.25, 0.3) is 5.69 Å². The predicted molar refractivity (Wildman–Crippen MR) is 157 cm³/mol. The van der Waals surface area contributed by atoms with Gasteiger partial charge in [-0.25, -0.2) is 4.79 Å². The van der Waals surface area contributed by atoms with Crippen molar-refractivity contribution in [1.29, 1.82) is 0 Å². The molecule has 9 nitrogen and oxygen atoms in total. The van der Waals surface area contributed by atoms with E-state index < -0.39 is 5.97 Å². The summed E-state index contributed by atoms with van der Waals surface area (Å²) in [6.07, 6.45) is 3.68. The van der Waals surface area contributed by atoms with E-state index in [0.29, 0.717) is 21.4 Å². The van der Waals surface area contributed by atoms with E-state index in [9.17, 15) is 9.59 Å². The number of nitrogens with zero attached hydrogens (tertiary/aromatic N) is 3. The minimum absolute atomic E-state index is 0.0831. The minimum Gasteiger partial charge on any atom is -0.465 e. The first-order valence-corrected chi connectivity index (χ1v) is 13.1. The molecule has 1 saturated heterocycles. The fraction of sp³-hybridized carbons (Fsp3) is 0.172. The van der Waals surface area contributed by atoms with Gasteiger partial charge < -0.3 is 29.6 Å². The summed E-state index contributed by atoms with van der Waals surface area (Å²) < 4.78 is 11.8. The van der Waals surface area contributed by atoms with E-state index >= 15 is 0 Å². The van der Waals surface area contributed by atoms with Crippen molar-refractivity contribution in [3.63, 3.8) is 0 Å². The van der Waals surface area contributed by atoms with Crippen molar-refractivity contribution in [1.82, 2.24) is 14.9 Å². The number of benzene rings is 2. The number of esters is 1. The second kappa shape index (κ2) is 11.9. The highest BCUT2D eigenvalue weighted by Crippen LogP contribution is 2.43. The summed E-state index contributed by atoms with van der Waals surface area (Å²) in [4.78, 5) is 30.9. The molecule has 0 bridgehead atoms. The lowest BCUT2D eigenvalue weighted by Gasteiger charge is -2.29. The summed E-state index contributed by atoms with van der Waals surface area (Å²) in [6.45, 7) is -0.0831. The van der Waals surface area contributed by atoms with Crippen LogP contribution in [0.2, 0.25) is 5.02 Å². The van der Waals surface area contributed by atoms with Gasteiger partial charge >= 0.3 is 5.97 Å². The highest BCUT2D eigenvalue weighted by molar-refractivity contribution is 7.80. The Labute approximate surface area is 241 Å². The molecule has 1 aliphatic heterocycles. The van der Waals surface area contributed by atoms with E-state index in [1.54, 1.807) is 30.5 Å². The summed E-state index contributed by atoms with van der Waals surface area (Å²) in [5.74, 6) is -0.727. The van der Waals surface area contributed by atoms with Gasteiger partial charge in [-0.2, -0.15) is 0 Å². The molecule has 1 amide bonds. The molecule has 40 heavy (non-hydrogen) atoms. The molecule has 11 heteroatoms. The van der Waals surface area contributed by atoms with Crippen LogP contribution in [0.1, 0.15) is 33.8 Å². The van der Waals surface area contributed by atoms with Crippen LogP contribution < -0.4 is 15.5 Å². The number of carbonyl (C=O) groups excluding carboxylic acids is 2. The molecule has 3 heterocycles. The van der Waals surface area contributed by atoms with Crippen LogP contribution in [0.3, 0.4) is 0 Å². The van der Waals surface area contributed by atoms with Gasteiger partial charge in [0.05, 0.1) is 35.1 Å². The predicted octanol–water partition coefficient (Wildman–Crippen LogP) is 5.07. The molecule has 2 atom stereocenters. The van der Waals surface area contributed by atoms with Crippen molar-refractivity contribution in [2.75, 3.05) is 31.0 Å². The lowest BCUT2D eigenvalue weighted by Crippen LogP contribution is -2.30. The third-order valence-electron chi connectivity index (χ3n) is 6.51. The van der Waals surface area contributed by atoms with E-state index in [2.05, 4.69) is 15.6 Å². The molecule has 0 unspecified atom stereocenters. The Balaban J connectivity index is 1.59. The van der Waals surface area contributed by atoms with Crippen molar-refractivity contribution in [3.8, 4) is 5.69 Å². The second-order valence-corrected chi connectivity index (χ2v) is 9.78. The average molecular weight is 576 g/mol. The summed E-state index contributed by atoms with van der Waals surface area (Å²) in [5, 5.41) is 7.03. The number of pyridine rings is 1. The second-order valence-electron chi connectivity index (χ2n) is 8.99. The first-order valence-electron chi connectivity index (χ1n) is 12.4. The number of thiocarbonyl (C=S) groups is 1. The van der Waals surface area contributed by atoms with Crippen LogP contribution in [-0.2, 0) is 14.3 Å². The van der Waals surface area contributed by atoms with E-state index in [1.807, 2.05) is 64.2 Å². The monoisotopic (exact) mass is 575 g/mol. The largest absolute Gasteiger partial charge is 0.465 e. The van der Waals surface area contributed by atoms with Gasteiger partial charge in [-0.15, -0.1) is 0 Å². The lowest BCUT2D eigenvalue weighted by atomic mass is 10.0. The number of hydrogen-bond acceptors (Lipinski definition) is 6. The van der Waals surface area contributed by atoms with E-state index in [0.717, 1.165) is 22.8 Å². The molecule has 2 aromatic heterocycles. The van der Waals surface area contributed by atoms with Crippen LogP contribution >= 0.6 is 23.8 Å². The van der Waals surface area contributed by atoms with Gasteiger partial charge in [0.15, 0.2) is 5.11 Å². The summed E-state index contributed by atoms with van der Waals surface area (Å²) in [6, 6.07) is 21.6. The van der Waals surface area contributed by atoms with Gasteiger partial charge in [-0.05, 0) is 72.9 Å². The van der Waals surface area contributed by atoms with Crippen molar-refractivity contribution >= 4 is 52.2 Å². The van der Waals surface area contributed by atoms with E-state index in [-0.39, 0.29) is 24.6 Å². The topological polar surface area (TPSA) is 97.7 Å². The third-order valence-corrected chi connectivity index (χ3v) is 7.13. The maximum Gasteiger partial charge on any atom is 0.337 e. The molecule has 0 saturated carbocycles. The Bertz CT molecular complexity index is 1560. The average Bonchev–Trinajstić information content (AvgIpc) is 3.58. The number of amides is 1. The van der Waals surface area contributed by atoms with E-state index in [4.69, 9.17) is 33.3 Å². The number of nitrogens with one attached hydrogen (secondary N) is 2. The minimum atomic E-state index is -0.417. The molecule has 0 spiro atoms. The molecule has 2 aromatic carbocycles. The zero-order chi connectivity index (χ0) is 28.2. The number of ether oxygens (including phenoxy) is 2. The van der Waals surface area contributed by atoms with Gasteiger partial charge in [0, 0.05) is 36.6 Å². The smallest absolute Gasteiger partial charge is 0.337 e. The molecule has 1 aliphatic rings. The maximum atomic E-state index is 12.2. The highest BCUT2D eigenvalue weighted by Gasteiger charge is 2.42. The normalized spacial score (nSPS) is 16.5. The number of aromatic nitrogens is 2. The van der Waals surface area contributed by atoms with Gasteiger partial charge in [-0.1, -0.05) is 23.7 Å². The molecule has 5 rings (SSSR count). The Morgan fingerprint density at radius 2 is 1.90 bits per heavy atom. The summed E-state index contributed by atoms with van der Waals surface area (Å²) in [7, 11) is 2.81. The standard InChI is InChI=1S/C29H26ClN5O4S/c1-38-17-25(36)32-22-12-11-20(16-21(22)30)35-27(26(33-29(35)40)23-9-3-4-13-31-23)24-10-6-14-34(24)19-8-5-7-18(15-19)28(37)39-2/h3-16,26-27H,17H2,1-2H3,(H,32,36)(H,33,40)/t26-,27-/m1/s1. The first-order chi connectivity index (χ1) is 19.4.